The van der Waals surface area contributed by atoms with Gasteiger partial charge in [-0.2, -0.15) is 0 Å². The number of piperidine rings is 1. The van der Waals surface area contributed by atoms with Gasteiger partial charge in [-0.25, -0.2) is 0 Å². The van der Waals surface area contributed by atoms with E-state index >= 15 is 0 Å². The highest BCUT2D eigenvalue weighted by Crippen LogP contribution is 2.39. The molecule has 2 aliphatic rings. The number of nitrogens with one attached hydrogen (secondary N) is 2. The fourth-order valence-corrected chi connectivity index (χ4v) is 4.03. The number of pyridine rings is 1. The van der Waals surface area contributed by atoms with Gasteiger partial charge in [-0.3, -0.25) is 9.59 Å². The van der Waals surface area contributed by atoms with E-state index in [1.54, 1.807) is 0 Å². The van der Waals surface area contributed by atoms with Gasteiger partial charge in [-0.15, -0.1) is 0 Å². The minimum Gasteiger partial charge on any atom is -0.338 e. The summed E-state index contributed by atoms with van der Waals surface area (Å²) < 4.78 is 0. The summed E-state index contributed by atoms with van der Waals surface area (Å²) in [4.78, 5) is 29.6. The Morgan fingerprint density at radius 1 is 1.13 bits per heavy atom. The van der Waals surface area contributed by atoms with Crippen LogP contribution in [0.5, 0.6) is 0 Å². The second kappa shape index (κ2) is 5.49. The van der Waals surface area contributed by atoms with E-state index in [1.807, 2.05) is 29.2 Å². The van der Waals surface area contributed by atoms with Gasteiger partial charge in [0.25, 0.3) is 5.91 Å². The number of rotatable bonds is 1. The van der Waals surface area contributed by atoms with E-state index < -0.39 is 0 Å². The molecule has 5 nitrogen and oxygen atoms in total. The van der Waals surface area contributed by atoms with E-state index in [1.165, 1.54) is 6.07 Å². The van der Waals surface area contributed by atoms with Crippen molar-refractivity contribution < 1.29 is 4.79 Å². The third kappa shape index (κ3) is 2.55. The standard InChI is InChI=1S/C18H21N3O2/c22-16-11-14(13-3-1-2-4-15(13)20-16)17(23)21-10-7-18(12-21)5-8-19-9-6-18/h1-4,11,19H,5-10,12H2,(H,20,22). The van der Waals surface area contributed by atoms with Crippen molar-refractivity contribution in [2.75, 3.05) is 26.2 Å². The Morgan fingerprint density at radius 3 is 2.74 bits per heavy atom. The van der Waals surface area contributed by atoms with E-state index in [4.69, 9.17) is 0 Å². The number of fused-ring (bicyclic) bond motifs is 1. The SMILES string of the molecule is O=C(c1cc(=O)[nH]c2ccccc12)N1CCC2(CCNCC2)C1. The summed E-state index contributed by atoms with van der Waals surface area (Å²) in [6.45, 7) is 3.68. The fraction of sp³-hybridized carbons (Fsp3) is 0.444. The monoisotopic (exact) mass is 311 g/mol. The van der Waals surface area contributed by atoms with Crippen LogP contribution >= 0.6 is 0 Å². The predicted octanol–water partition coefficient (Wildman–Crippen LogP) is 1.74. The van der Waals surface area contributed by atoms with Crippen molar-refractivity contribution in [1.29, 1.82) is 0 Å². The van der Waals surface area contributed by atoms with E-state index in [0.29, 0.717) is 5.56 Å². The van der Waals surface area contributed by atoms with Gasteiger partial charge in [0.1, 0.15) is 0 Å². The molecule has 5 heteroatoms. The maximum absolute atomic E-state index is 13.0. The Hall–Kier alpha value is -2.14. The van der Waals surface area contributed by atoms with Crippen LogP contribution in [0, 0.1) is 5.41 Å². The fourth-order valence-electron chi connectivity index (χ4n) is 4.03. The number of hydrogen-bond donors (Lipinski definition) is 2. The highest BCUT2D eigenvalue weighted by molar-refractivity contribution is 6.06. The number of carbonyl (C=O) groups excluding carboxylic acids is 1. The molecule has 0 unspecified atom stereocenters. The number of aromatic amines is 1. The quantitative estimate of drug-likeness (QED) is 0.843. The van der Waals surface area contributed by atoms with E-state index in [-0.39, 0.29) is 16.9 Å². The first-order valence-corrected chi connectivity index (χ1v) is 8.29. The van der Waals surface area contributed by atoms with Crippen LogP contribution in [0.4, 0.5) is 0 Å². The van der Waals surface area contributed by atoms with Gasteiger partial charge in [0.15, 0.2) is 0 Å². The lowest BCUT2D eigenvalue weighted by atomic mass is 9.78. The van der Waals surface area contributed by atoms with E-state index in [9.17, 15) is 9.59 Å². The normalized spacial score (nSPS) is 20.3. The first kappa shape index (κ1) is 14.5. The highest BCUT2D eigenvalue weighted by atomic mass is 16.2. The van der Waals surface area contributed by atoms with Crippen LogP contribution in [0.15, 0.2) is 35.1 Å². The zero-order valence-electron chi connectivity index (χ0n) is 13.1. The van der Waals surface area contributed by atoms with Crippen molar-refractivity contribution in [2.24, 2.45) is 5.41 Å². The predicted molar refractivity (Wildman–Crippen MR) is 89.6 cm³/mol. The number of carbonyl (C=O) groups is 1. The summed E-state index contributed by atoms with van der Waals surface area (Å²) >= 11 is 0. The van der Waals surface area contributed by atoms with Crippen LogP contribution in [-0.4, -0.2) is 42.0 Å². The highest BCUT2D eigenvalue weighted by Gasteiger charge is 2.40. The third-order valence-corrected chi connectivity index (χ3v) is 5.37. The first-order valence-electron chi connectivity index (χ1n) is 8.29. The van der Waals surface area contributed by atoms with Crippen LogP contribution in [0.3, 0.4) is 0 Å². The van der Waals surface area contributed by atoms with Crippen molar-refractivity contribution in [1.82, 2.24) is 15.2 Å². The minimum atomic E-state index is -0.220. The third-order valence-electron chi connectivity index (χ3n) is 5.37. The number of aromatic nitrogens is 1. The molecule has 1 aromatic heterocycles. The van der Waals surface area contributed by atoms with Gasteiger partial charge >= 0.3 is 0 Å². The van der Waals surface area contributed by atoms with Crippen molar-refractivity contribution in [2.45, 2.75) is 19.3 Å². The lowest BCUT2D eigenvalue weighted by Crippen LogP contribution is -2.39. The molecule has 2 N–H and O–H groups in total. The van der Waals surface area contributed by atoms with Gasteiger partial charge in [0.05, 0.1) is 5.56 Å². The lowest BCUT2D eigenvalue weighted by molar-refractivity contribution is 0.0763. The zero-order chi connectivity index (χ0) is 15.9. The molecule has 0 bridgehead atoms. The van der Waals surface area contributed by atoms with Crippen molar-refractivity contribution >= 4 is 16.8 Å². The van der Waals surface area contributed by atoms with Crippen molar-refractivity contribution in [3.63, 3.8) is 0 Å². The van der Waals surface area contributed by atoms with Gasteiger partial charge < -0.3 is 15.2 Å². The van der Waals surface area contributed by atoms with Crippen molar-refractivity contribution in [3.05, 3.63) is 46.2 Å². The lowest BCUT2D eigenvalue weighted by Gasteiger charge is -2.33. The molecule has 3 heterocycles. The summed E-state index contributed by atoms with van der Waals surface area (Å²) in [5, 5.41) is 4.22. The Morgan fingerprint density at radius 2 is 1.91 bits per heavy atom. The van der Waals surface area contributed by atoms with E-state index in [0.717, 1.165) is 56.3 Å². The topological polar surface area (TPSA) is 65.2 Å². The zero-order valence-corrected chi connectivity index (χ0v) is 13.1. The van der Waals surface area contributed by atoms with Crippen LogP contribution in [0.1, 0.15) is 29.6 Å². The summed E-state index contributed by atoms with van der Waals surface area (Å²) in [5.74, 6) is -0.0114. The second-order valence-electron chi connectivity index (χ2n) is 6.82. The molecule has 0 saturated carbocycles. The molecule has 1 amide bonds. The van der Waals surface area contributed by atoms with Crippen LogP contribution < -0.4 is 10.9 Å². The molecular weight excluding hydrogens is 290 g/mol. The number of likely N-dealkylation sites (tertiary alicyclic amines) is 1. The smallest absolute Gasteiger partial charge is 0.254 e. The van der Waals surface area contributed by atoms with Gasteiger partial charge in [-0.1, -0.05) is 18.2 Å². The molecule has 2 aromatic rings. The number of nitrogens with zero attached hydrogens (tertiary/aromatic N) is 1. The first-order chi connectivity index (χ1) is 11.2. The van der Waals surface area contributed by atoms with Gasteiger partial charge in [0, 0.05) is 30.1 Å². The maximum Gasteiger partial charge on any atom is 0.254 e. The molecule has 2 fully saturated rings. The number of para-hydroxylation sites is 1. The Bertz CT molecular complexity index is 805. The average Bonchev–Trinajstić information content (AvgIpc) is 2.97. The Balaban J connectivity index is 1.66. The van der Waals surface area contributed by atoms with Crippen LogP contribution in [0.2, 0.25) is 0 Å². The number of amides is 1. The molecule has 2 saturated heterocycles. The molecule has 0 atom stereocenters. The minimum absolute atomic E-state index is 0.0114. The molecule has 0 radical (unpaired) electrons. The van der Waals surface area contributed by atoms with Crippen molar-refractivity contribution in [3.8, 4) is 0 Å². The summed E-state index contributed by atoms with van der Waals surface area (Å²) in [6.07, 6.45) is 3.33. The molecule has 23 heavy (non-hydrogen) atoms. The Labute approximate surface area is 134 Å². The number of hydrogen-bond acceptors (Lipinski definition) is 3. The molecule has 4 rings (SSSR count). The molecule has 1 spiro atoms. The molecule has 120 valence electrons. The molecule has 2 aliphatic heterocycles. The van der Waals surface area contributed by atoms with Crippen LogP contribution in [-0.2, 0) is 0 Å². The summed E-state index contributed by atoms with van der Waals surface area (Å²) in [5.41, 5.74) is 1.30. The van der Waals surface area contributed by atoms with Gasteiger partial charge in [0.2, 0.25) is 5.56 Å². The number of H-pyrrole nitrogens is 1. The molecule has 0 aliphatic carbocycles. The van der Waals surface area contributed by atoms with Gasteiger partial charge in [-0.05, 0) is 43.8 Å². The maximum atomic E-state index is 13.0. The average molecular weight is 311 g/mol. The second-order valence-corrected chi connectivity index (χ2v) is 6.82. The molecule has 1 aromatic carbocycles. The largest absolute Gasteiger partial charge is 0.338 e. The summed E-state index contributed by atoms with van der Waals surface area (Å²) in [6, 6.07) is 8.95. The van der Waals surface area contributed by atoms with Crippen LogP contribution in [0.25, 0.3) is 10.9 Å². The van der Waals surface area contributed by atoms with E-state index in [2.05, 4.69) is 10.3 Å². The summed E-state index contributed by atoms with van der Waals surface area (Å²) in [7, 11) is 0. The molecular formula is C18H21N3O2. The number of benzene rings is 1. The Kier molecular flexibility index (Phi) is 3.45.